The molecule has 0 radical (unpaired) electrons. The van der Waals surface area contributed by atoms with E-state index in [2.05, 4.69) is 5.32 Å². The van der Waals surface area contributed by atoms with Gasteiger partial charge in [0.1, 0.15) is 5.58 Å². The molecule has 1 unspecified atom stereocenters. The number of carboxylic acid groups (broad SMARTS) is 1. The highest BCUT2D eigenvalue weighted by atomic mass is 16.4. The summed E-state index contributed by atoms with van der Waals surface area (Å²) in [5.74, 6) is -1.13. The molecular formula is C17H21NO4. The number of hydrogen-bond acceptors (Lipinski definition) is 3. The number of furan rings is 1. The van der Waals surface area contributed by atoms with Crippen LogP contribution < -0.4 is 5.32 Å². The zero-order chi connectivity index (χ0) is 16.5. The number of aryl methyl sites for hydroxylation is 1. The molecule has 5 heteroatoms. The van der Waals surface area contributed by atoms with Gasteiger partial charge in [0.05, 0.1) is 12.0 Å². The molecule has 1 heterocycles. The first-order valence-electron chi connectivity index (χ1n) is 7.27. The Morgan fingerprint density at radius 2 is 1.95 bits per heavy atom. The quantitative estimate of drug-likeness (QED) is 0.887. The number of carbonyl (C=O) groups is 2. The van der Waals surface area contributed by atoms with E-state index in [1.165, 1.54) is 0 Å². The molecule has 1 amide bonds. The molecule has 0 saturated carbocycles. The summed E-state index contributed by atoms with van der Waals surface area (Å²) in [5.41, 5.74) is 0.568. The van der Waals surface area contributed by atoms with E-state index in [1.807, 2.05) is 39.0 Å². The molecule has 0 bridgehead atoms. The van der Waals surface area contributed by atoms with Crippen molar-refractivity contribution in [3.8, 4) is 0 Å². The van der Waals surface area contributed by atoms with Gasteiger partial charge in [0, 0.05) is 10.9 Å². The maximum absolute atomic E-state index is 12.5. The van der Waals surface area contributed by atoms with Gasteiger partial charge in [-0.2, -0.15) is 0 Å². The lowest BCUT2D eigenvalue weighted by Gasteiger charge is -2.33. The first-order valence-corrected chi connectivity index (χ1v) is 7.27. The molecule has 0 fully saturated rings. The second kappa shape index (κ2) is 5.83. The van der Waals surface area contributed by atoms with Crippen LogP contribution >= 0.6 is 0 Å². The number of amides is 1. The molecule has 0 aliphatic rings. The summed E-state index contributed by atoms with van der Waals surface area (Å²) in [5, 5.41) is 12.8. The summed E-state index contributed by atoms with van der Waals surface area (Å²) >= 11 is 0. The molecule has 2 rings (SSSR count). The van der Waals surface area contributed by atoms with Gasteiger partial charge in [0.2, 0.25) is 0 Å². The van der Waals surface area contributed by atoms with E-state index >= 15 is 0 Å². The van der Waals surface area contributed by atoms with Crippen LogP contribution in [0.4, 0.5) is 0 Å². The van der Waals surface area contributed by atoms with E-state index in [0.29, 0.717) is 5.58 Å². The number of hydrogen-bond donors (Lipinski definition) is 2. The van der Waals surface area contributed by atoms with Crippen molar-refractivity contribution in [2.45, 2.75) is 39.7 Å². The molecule has 0 aliphatic carbocycles. The summed E-state index contributed by atoms with van der Waals surface area (Å²) in [6.45, 7) is 7.33. The van der Waals surface area contributed by atoms with E-state index in [1.54, 1.807) is 13.0 Å². The molecule has 22 heavy (non-hydrogen) atoms. The van der Waals surface area contributed by atoms with E-state index in [9.17, 15) is 9.59 Å². The standard InChI is InChI=1S/C17H21NO4/c1-10(2)17(4,9-14(19)20)18-16(21)15-11(3)12-7-5-6-8-13(12)22-15/h5-8,10H,9H2,1-4H3,(H,18,21)(H,19,20). The second-order valence-electron chi connectivity index (χ2n) is 6.15. The number of benzene rings is 1. The molecule has 0 saturated heterocycles. The smallest absolute Gasteiger partial charge is 0.305 e. The van der Waals surface area contributed by atoms with Gasteiger partial charge in [0.15, 0.2) is 5.76 Å². The summed E-state index contributed by atoms with van der Waals surface area (Å²) in [7, 11) is 0. The molecule has 2 aromatic rings. The van der Waals surface area contributed by atoms with Crippen molar-refractivity contribution in [2.75, 3.05) is 0 Å². The lowest BCUT2D eigenvalue weighted by Crippen LogP contribution is -2.51. The molecule has 118 valence electrons. The van der Waals surface area contributed by atoms with Gasteiger partial charge in [-0.1, -0.05) is 32.0 Å². The van der Waals surface area contributed by atoms with Crippen LogP contribution in [0, 0.1) is 12.8 Å². The van der Waals surface area contributed by atoms with Crippen molar-refractivity contribution in [3.63, 3.8) is 0 Å². The highest BCUT2D eigenvalue weighted by Crippen LogP contribution is 2.27. The Morgan fingerprint density at radius 1 is 1.32 bits per heavy atom. The molecular weight excluding hydrogens is 282 g/mol. The van der Waals surface area contributed by atoms with E-state index in [-0.39, 0.29) is 24.0 Å². The van der Waals surface area contributed by atoms with Crippen LogP contribution in [0.15, 0.2) is 28.7 Å². The normalized spacial score (nSPS) is 14.0. The fraction of sp³-hybridized carbons (Fsp3) is 0.412. The zero-order valence-corrected chi connectivity index (χ0v) is 13.3. The van der Waals surface area contributed by atoms with Gasteiger partial charge in [-0.15, -0.1) is 0 Å². The Hall–Kier alpha value is -2.30. The van der Waals surface area contributed by atoms with E-state index < -0.39 is 11.5 Å². The Labute approximate surface area is 129 Å². The van der Waals surface area contributed by atoms with Crippen LogP contribution in [0.2, 0.25) is 0 Å². The topological polar surface area (TPSA) is 79.5 Å². The first kappa shape index (κ1) is 16.1. The summed E-state index contributed by atoms with van der Waals surface area (Å²) in [6, 6.07) is 7.42. The van der Waals surface area contributed by atoms with E-state index in [4.69, 9.17) is 9.52 Å². The largest absolute Gasteiger partial charge is 0.481 e. The average Bonchev–Trinajstić information content (AvgIpc) is 2.75. The zero-order valence-electron chi connectivity index (χ0n) is 13.3. The Bertz CT molecular complexity index is 717. The van der Waals surface area contributed by atoms with Crippen molar-refractivity contribution in [3.05, 3.63) is 35.6 Å². The number of rotatable bonds is 5. The maximum Gasteiger partial charge on any atom is 0.305 e. The lowest BCUT2D eigenvalue weighted by atomic mass is 9.85. The number of carboxylic acids is 1. The van der Waals surface area contributed by atoms with Crippen LogP contribution in [0.1, 0.15) is 43.3 Å². The van der Waals surface area contributed by atoms with Crippen LogP contribution in [-0.2, 0) is 4.79 Å². The minimum atomic E-state index is -0.946. The highest BCUT2D eigenvalue weighted by molar-refractivity contribution is 5.99. The molecule has 2 N–H and O–H groups in total. The molecule has 5 nitrogen and oxygen atoms in total. The Morgan fingerprint density at radius 3 is 2.50 bits per heavy atom. The van der Waals surface area contributed by atoms with Crippen LogP contribution in [0.5, 0.6) is 0 Å². The number of nitrogens with one attached hydrogen (secondary N) is 1. The number of para-hydroxylation sites is 1. The highest BCUT2D eigenvalue weighted by Gasteiger charge is 2.34. The Kier molecular flexibility index (Phi) is 4.26. The third-order valence-electron chi connectivity index (χ3n) is 4.24. The van der Waals surface area contributed by atoms with Gasteiger partial charge in [0.25, 0.3) is 5.91 Å². The maximum atomic E-state index is 12.5. The van der Waals surface area contributed by atoms with Crippen molar-refractivity contribution in [1.82, 2.24) is 5.32 Å². The van der Waals surface area contributed by atoms with Gasteiger partial charge >= 0.3 is 5.97 Å². The van der Waals surface area contributed by atoms with Crippen LogP contribution in [0.25, 0.3) is 11.0 Å². The lowest BCUT2D eigenvalue weighted by molar-refractivity contribution is -0.138. The monoisotopic (exact) mass is 303 g/mol. The number of aliphatic carboxylic acids is 1. The van der Waals surface area contributed by atoms with E-state index in [0.717, 1.165) is 10.9 Å². The summed E-state index contributed by atoms with van der Waals surface area (Å²) in [6.07, 6.45) is -0.143. The van der Waals surface area contributed by atoms with Gasteiger partial charge in [-0.3, -0.25) is 9.59 Å². The third kappa shape index (κ3) is 2.98. The van der Waals surface area contributed by atoms with Gasteiger partial charge in [-0.25, -0.2) is 0 Å². The van der Waals surface area contributed by atoms with Crippen molar-refractivity contribution in [1.29, 1.82) is 0 Å². The molecule has 0 aliphatic heterocycles. The van der Waals surface area contributed by atoms with Gasteiger partial charge < -0.3 is 14.8 Å². The molecule has 1 aromatic heterocycles. The predicted octanol–water partition coefficient (Wildman–Crippen LogP) is 3.36. The summed E-state index contributed by atoms with van der Waals surface area (Å²) < 4.78 is 5.63. The molecule has 0 spiro atoms. The Balaban J connectivity index is 2.33. The first-order chi connectivity index (χ1) is 10.2. The average molecular weight is 303 g/mol. The second-order valence-corrected chi connectivity index (χ2v) is 6.15. The molecule has 1 atom stereocenters. The van der Waals surface area contributed by atoms with Gasteiger partial charge in [-0.05, 0) is 25.8 Å². The predicted molar refractivity (Wildman–Crippen MR) is 83.9 cm³/mol. The SMILES string of the molecule is Cc1c(C(=O)NC(C)(CC(=O)O)C(C)C)oc2ccccc12. The van der Waals surface area contributed by atoms with Crippen LogP contribution in [0.3, 0.4) is 0 Å². The van der Waals surface area contributed by atoms with Crippen molar-refractivity contribution < 1.29 is 19.1 Å². The minimum absolute atomic E-state index is 0.0303. The fourth-order valence-electron chi connectivity index (χ4n) is 2.41. The number of fused-ring (bicyclic) bond motifs is 1. The third-order valence-corrected chi connectivity index (χ3v) is 4.24. The summed E-state index contributed by atoms with van der Waals surface area (Å²) in [4.78, 5) is 23.6. The van der Waals surface area contributed by atoms with Crippen molar-refractivity contribution in [2.24, 2.45) is 5.92 Å². The fourth-order valence-corrected chi connectivity index (χ4v) is 2.41. The minimum Gasteiger partial charge on any atom is -0.481 e. The van der Waals surface area contributed by atoms with Crippen LogP contribution in [-0.4, -0.2) is 22.5 Å². The van der Waals surface area contributed by atoms with Crippen molar-refractivity contribution >= 4 is 22.8 Å². The number of carbonyl (C=O) groups excluding carboxylic acids is 1. The molecule has 1 aromatic carbocycles.